The summed E-state index contributed by atoms with van der Waals surface area (Å²) in [6.45, 7) is 7.64. The number of hydrogen-bond acceptors (Lipinski definition) is 8. The van der Waals surface area contributed by atoms with Gasteiger partial charge in [-0.15, -0.1) is 0 Å². The van der Waals surface area contributed by atoms with Crippen molar-refractivity contribution in [3.63, 3.8) is 0 Å². The van der Waals surface area contributed by atoms with Crippen LogP contribution in [0.4, 0.5) is 11.5 Å². The second kappa shape index (κ2) is 16.6. The molecule has 2 fully saturated rings. The van der Waals surface area contributed by atoms with Crippen molar-refractivity contribution < 1.29 is 14.7 Å². The first-order chi connectivity index (χ1) is 21.8. The third kappa shape index (κ3) is 8.56. The highest BCUT2D eigenvalue weighted by Gasteiger charge is 2.33. The number of anilines is 2. The van der Waals surface area contributed by atoms with Gasteiger partial charge in [0.15, 0.2) is 0 Å². The highest BCUT2D eigenvalue weighted by molar-refractivity contribution is 8.26. The van der Waals surface area contributed by atoms with E-state index in [0.29, 0.717) is 41.0 Å². The van der Waals surface area contributed by atoms with Gasteiger partial charge in [0.2, 0.25) is 0 Å². The average Bonchev–Trinajstić information content (AvgIpc) is 3.31. The van der Waals surface area contributed by atoms with Crippen LogP contribution in [0.25, 0.3) is 6.08 Å². The second-order valence-corrected chi connectivity index (χ2v) is 13.2. The zero-order valence-electron chi connectivity index (χ0n) is 26.3. The number of hydrogen-bond donors (Lipinski definition) is 1. The molecule has 1 amide bonds. The van der Waals surface area contributed by atoms with Crippen molar-refractivity contribution in [1.82, 2.24) is 9.47 Å². The van der Waals surface area contributed by atoms with E-state index in [9.17, 15) is 19.6 Å². The molecule has 1 aromatic carbocycles. The van der Waals surface area contributed by atoms with Gasteiger partial charge in [0.1, 0.15) is 21.8 Å². The zero-order valence-corrected chi connectivity index (χ0v) is 27.9. The maximum absolute atomic E-state index is 13.6. The molecule has 0 bridgehead atoms. The van der Waals surface area contributed by atoms with Crippen LogP contribution in [0.5, 0.6) is 0 Å². The van der Waals surface area contributed by atoms with Gasteiger partial charge < -0.3 is 14.9 Å². The lowest BCUT2D eigenvalue weighted by atomic mass is 10.0. The van der Waals surface area contributed by atoms with Gasteiger partial charge in [-0.3, -0.25) is 23.9 Å². The van der Waals surface area contributed by atoms with Crippen LogP contribution in [0.15, 0.2) is 40.0 Å². The van der Waals surface area contributed by atoms with E-state index in [0.717, 1.165) is 81.5 Å². The molecule has 1 aromatic heterocycles. The molecular formula is C34H43N5O4S2. The molecule has 45 heavy (non-hydrogen) atoms. The van der Waals surface area contributed by atoms with Crippen LogP contribution in [0.1, 0.15) is 81.4 Å². The minimum absolute atomic E-state index is 0.104. The highest BCUT2D eigenvalue weighted by atomic mass is 32.2. The smallest absolute Gasteiger partial charge is 0.303 e. The Balaban J connectivity index is 1.45. The van der Waals surface area contributed by atoms with Gasteiger partial charge in [-0.2, -0.15) is 5.26 Å². The molecule has 2 aromatic rings. The number of para-hydroxylation sites is 1. The van der Waals surface area contributed by atoms with Crippen molar-refractivity contribution >= 4 is 57.8 Å². The van der Waals surface area contributed by atoms with E-state index in [1.165, 1.54) is 11.8 Å². The number of thiocarbonyl (C=S) groups is 1. The van der Waals surface area contributed by atoms with E-state index < -0.39 is 5.97 Å². The normalized spacial score (nSPS) is 16.1. The van der Waals surface area contributed by atoms with E-state index in [1.807, 2.05) is 31.2 Å². The first-order valence-electron chi connectivity index (χ1n) is 16.0. The first-order valence-corrected chi connectivity index (χ1v) is 17.2. The van der Waals surface area contributed by atoms with Crippen LogP contribution in [0, 0.1) is 18.3 Å². The molecule has 0 saturated carbocycles. The summed E-state index contributed by atoms with van der Waals surface area (Å²) in [5.41, 5.74) is 2.28. The summed E-state index contributed by atoms with van der Waals surface area (Å²) in [5.74, 6) is -0.110. The number of aliphatic carboxylic acids is 1. The van der Waals surface area contributed by atoms with Gasteiger partial charge in [0, 0.05) is 56.9 Å². The molecule has 9 nitrogen and oxygen atoms in total. The van der Waals surface area contributed by atoms with Gasteiger partial charge in [-0.25, -0.2) is 0 Å². The molecule has 240 valence electrons. The van der Waals surface area contributed by atoms with Gasteiger partial charge in [0.05, 0.1) is 4.91 Å². The van der Waals surface area contributed by atoms with E-state index in [-0.39, 0.29) is 23.5 Å². The molecule has 2 aliphatic heterocycles. The first kappa shape index (κ1) is 34.3. The Morgan fingerprint density at radius 1 is 0.978 bits per heavy atom. The Morgan fingerprint density at radius 3 is 2.18 bits per heavy atom. The summed E-state index contributed by atoms with van der Waals surface area (Å²) < 4.78 is 2.20. The van der Waals surface area contributed by atoms with Crippen LogP contribution in [0.2, 0.25) is 0 Å². The molecule has 2 aliphatic rings. The fourth-order valence-electron chi connectivity index (χ4n) is 6.02. The fraction of sp³-hybridized carbons (Fsp3) is 0.500. The van der Waals surface area contributed by atoms with Crippen molar-refractivity contribution in [2.24, 2.45) is 0 Å². The Labute approximate surface area is 275 Å². The number of nitriles is 1. The molecule has 0 unspecified atom stereocenters. The van der Waals surface area contributed by atoms with Crippen molar-refractivity contribution in [2.75, 3.05) is 42.5 Å². The maximum atomic E-state index is 13.6. The minimum atomic E-state index is -0.731. The fourth-order valence-corrected chi connectivity index (χ4v) is 7.31. The Morgan fingerprint density at radius 2 is 1.58 bits per heavy atom. The van der Waals surface area contributed by atoms with Gasteiger partial charge in [-0.05, 0) is 50.5 Å². The van der Waals surface area contributed by atoms with Crippen molar-refractivity contribution in [1.29, 1.82) is 5.26 Å². The lowest BCUT2D eigenvalue weighted by Gasteiger charge is -2.39. The molecule has 4 rings (SSSR count). The summed E-state index contributed by atoms with van der Waals surface area (Å²) >= 11 is 6.90. The number of unbranched alkanes of at least 4 members (excludes halogenated alkanes) is 7. The van der Waals surface area contributed by atoms with Gasteiger partial charge in [0.25, 0.3) is 11.5 Å². The average molecular weight is 650 g/mol. The number of carboxylic acids is 1. The van der Waals surface area contributed by atoms with E-state index in [1.54, 1.807) is 16.4 Å². The third-order valence-electron chi connectivity index (χ3n) is 8.53. The summed E-state index contributed by atoms with van der Waals surface area (Å²) in [6, 6.07) is 12.4. The number of amides is 1. The highest BCUT2D eigenvalue weighted by Crippen LogP contribution is 2.36. The van der Waals surface area contributed by atoms with Gasteiger partial charge >= 0.3 is 5.97 Å². The predicted molar refractivity (Wildman–Crippen MR) is 186 cm³/mol. The van der Waals surface area contributed by atoms with Crippen LogP contribution < -0.4 is 15.4 Å². The summed E-state index contributed by atoms with van der Waals surface area (Å²) in [7, 11) is 0. The molecule has 0 aliphatic carbocycles. The molecule has 3 heterocycles. The minimum Gasteiger partial charge on any atom is -0.481 e. The molecular weight excluding hydrogens is 607 g/mol. The molecule has 11 heteroatoms. The number of rotatable bonds is 15. The predicted octanol–water partition coefficient (Wildman–Crippen LogP) is 6.17. The summed E-state index contributed by atoms with van der Waals surface area (Å²) in [6.07, 6.45) is 9.93. The van der Waals surface area contributed by atoms with Crippen molar-refractivity contribution in [2.45, 2.75) is 78.2 Å². The number of thioether (sulfide) groups is 1. The monoisotopic (exact) mass is 649 g/mol. The lowest BCUT2D eigenvalue weighted by molar-refractivity contribution is -0.137. The SMILES string of the molecule is CCn1c(N2CCN(c3ccccc3)CC2)c(/C=C2\SC(=S)N(CCCCCCCCCCC(=O)O)C2=O)c(C)c(C#N)c1=O. The second-order valence-electron chi connectivity index (χ2n) is 11.5. The Hall–Kier alpha value is -3.62. The third-order valence-corrected chi connectivity index (χ3v) is 9.91. The standard InChI is InChI=1S/C34H43N5O4S2/c1-3-38-31(37-21-19-36(20-22-37)26-15-11-10-12-16-26)27(25(2)28(24-35)32(38)42)23-29-33(43)39(34(44)45-29)18-14-9-7-5-4-6-8-13-17-30(40)41/h10-12,15-16,23H,3-9,13-14,17-22H2,1-2H3,(H,40,41)/b29-23-. The molecule has 0 radical (unpaired) electrons. The zero-order chi connectivity index (χ0) is 32.3. The maximum Gasteiger partial charge on any atom is 0.303 e. The van der Waals surface area contributed by atoms with E-state index in [2.05, 4.69) is 28.0 Å². The Kier molecular flexibility index (Phi) is 12.7. The largest absolute Gasteiger partial charge is 0.481 e. The van der Waals surface area contributed by atoms with Crippen LogP contribution in [0.3, 0.4) is 0 Å². The van der Waals surface area contributed by atoms with E-state index >= 15 is 0 Å². The number of pyridine rings is 1. The van der Waals surface area contributed by atoms with Gasteiger partial charge in [-0.1, -0.05) is 80.7 Å². The number of carboxylic acid groups (broad SMARTS) is 1. The van der Waals surface area contributed by atoms with Crippen LogP contribution in [-0.4, -0.2) is 63.5 Å². The van der Waals surface area contributed by atoms with Crippen LogP contribution in [-0.2, 0) is 16.1 Å². The molecule has 0 atom stereocenters. The number of aromatic nitrogens is 1. The molecule has 1 N–H and O–H groups in total. The number of carbonyl (C=O) groups excluding carboxylic acids is 1. The van der Waals surface area contributed by atoms with Crippen molar-refractivity contribution in [3.8, 4) is 6.07 Å². The number of carbonyl (C=O) groups is 2. The number of benzene rings is 1. The lowest BCUT2D eigenvalue weighted by Crippen LogP contribution is -2.48. The topological polar surface area (TPSA) is 110 Å². The molecule has 0 spiro atoms. The van der Waals surface area contributed by atoms with E-state index in [4.69, 9.17) is 17.3 Å². The summed E-state index contributed by atoms with van der Waals surface area (Å²) in [4.78, 5) is 44.3. The van der Waals surface area contributed by atoms with Crippen LogP contribution >= 0.6 is 24.0 Å². The quantitative estimate of drug-likeness (QED) is 0.138. The number of piperazine rings is 1. The summed E-state index contributed by atoms with van der Waals surface area (Å²) in [5, 5.41) is 18.6. The number of nitrogens with zero attached hydrogens (tertiary/aromatic N) is 5. The Bertz CT molecular complexity index is 1510. The van der Waals surface area contributed by atoms with Crippen molar-refractivity contribution in [3.05, 3.63) is 62.3 Å². The molecule has 2 saturated heterocycles.